The summed E-state index contributed by atoms with van der Waals surface area (Å²) in [4.78, 5) is 19.1. The molecule has 1 N–H and O–H groups in total. The summed E-state index contributed by atoms with van der Waals surface area (Å²) >= 11 is 0. The molecule has 0 saturated heterocycles. The predicted octanol–water partition coefficient (Wildman–Crippen LogP) is 2.10. The first kappa shape index (κ1) is 12.5. The van der Waals surface area contributed by atoms with Gasteiger partial charge in [0, 0.05) is 0 Å². The molecule has 1 aromatic carbocycles. The molecule has 0 unspecified atom stereocenters. The summed E-state index contributed by atoms with van der Waals surface area (Å²) in [6.45, 7) is 0.177. The van der Waals surface area contributed by atoms with Gasteiger partial charge >= 0.3 is 6.09 Å². The molecule has 1 heterocycles. The second-order valence-electron chi connectivity index (χ2n) is 3.59. The first-order valence-corrected chi connectivity index (χ1v) is 5.48. The number of anilines is 1. The fraction of sp³-hybridized carbons (Fsp3) is 0.0769. The van der Waals surface area contributed by atoms with Gasteiger partial charge in [-0.3, -0.25) is 5.32 Å². The van der Waals surface area contributed by atoms with E-state index < -0.39 is 6.09 Å². The number of aromatic nitrogens is 2. The Labute approximate surface area is 109 Å². The van der Waals surface area contributed by atoms with Crippen molar-refractivity contribution in [1.29, 1.82) is 5.26 Å². The Hall–Kier alpha value is -2.94. The van der Waals surface area contributed by atoms with Crippen molar-refractivity contribution in [2.75, 3.05) is 5.32 Å². The predicted molar refractivity (Wildman–Crippen MR) is 67.0 cm³/mol. The number of benzene rings is 1. The van der Waals surface area contributed by atoms with Crippen LogP contribution in [0, 0.1) is 11.3 Å². The van der Waals surface area contributed by atoms with Gasteiger partial charge in [-0.2, -0.15) is 5.26 Å². The SMILES string of the molecule is N#Cc1cnc(NC(=O)OCc2ccccc2)cn1. The molecule has 0 bridgehead atoms. The summed E-state index contributed by atoms with van der Waals surface area (Å²) in [6.07, 6.45) is 1.94. The number of hydrogen-bond donors (Lipinski definition) is 1. The Morgan fingerprint density at radius 1 is 1.26 bits per heavy atom. The minimum absolute atomic E-state index is 0.177. The Bertz CT molecular complexity index is 590. The maximum absolute atomic E-state index is 11.5. The van der Waals surface area contributed by atoms with Crippen molar-refractivity contribution < 1.29 is 9.53 Å². The topological polar surface area (TPSA) is 87.9 Å². The van der Waals surface area contributed by atoms with Crippen molar-refractivity contribution in [1.82, 2.24) is 9.97 Å². The van der Waals surface area contributed by atoms with E-state index in [4.69, 9.17) is 10.00 Å². The van der Waals surface area contributed by atoms with Crippen LogP contribution in [-0.2, 0) is 11.3 Å². The molecule has 1 amide bonds. The molecule has 0 aliphatic carbocycles. The van der Waals surface area contributed by atoms with Crippen molar-refractivity contribution >= 4 is 11.9 Å². The van der Waals surface area contributed by atoms with Gasteiger partial charge in [-0.1, -0.05) is 30.3 Å². The molecule has 2 aromatic rings. The lowest BCUT2D eigenvalue weighted by molar-refractivity contribution is 0.155. The van der Waals surface area contributed by atoms with E-state index in [9.17, 15) is 4.79 Å². The molecule has 6 nitrogen and oxygen atoms in total. The van der Waals surface area contributed by atoms with Gasteiger partial charge in [0.2, 0.25) is 0 Å². The first-order chi connectivity index (χ1) is 9.28. The third-order valence-electron chi connectivity index (χ3n) is 2.21. The number of ether oxygens (including phenoxy) is 1. The third-order valence-corrected chi connectivity index (χ3v) is 2.21. The number of amides is 1. The van der Waals surface area contributed by atoms with Crippen LogP contribution >= 0.6 is 0 Å². The van der Waals surface area contributed by atoms with Gasteiger partial charge in [-0.25, -0.2) is 14.8 Å². The standard InChI is InChI=1S/C13H10N4O2/c14-6-11-7-16-12(8-15-11)17-13(18)19-9-10-4-2-1-3-5-10/h1-5,7-8H,9H2,(H,16,17,18). The lowest BCUT2D eigenvalue weighted by Crippen LogP contribution is -2.14. The van der Waals surface area contributed by atoms with E-state index in [1.165, 1.54) is 12.4 Å². The number of nitrogens with zero attached hydrogens (tertiary/aromatic N) is 3. The number of carbonyl (C=O) groups is 1. The van der Waals surface area contributed by atoms with E-state index in [2.05, 4.69) is 15.3 Å². The molecule has 94 valence electrons. The molecule has 2 rings (SSSR count). The molecule has 0 atom stereocenters. The highest BCUT2D eigenvalue weighted by atomic mass is 16.5. The highest BCUT2D eigenvalue weighted by molar-refractivity contribution is 5.82. The van der Waals surface area contributed by atoms with E-state index in [0.29, 0.717) is 0 Å². The number of nitriles is 1. The second kappa shape index (κ2) is 6.12. The fourth-order valence-corrected chi connectivity index (χ4v) is 1.31. The molecule has 0 spiro atoms. The van der Waals surface area contributed by atoms with Crippen molar-refractivity contribution in [3.63, 3.8) is 0 Å². The molecule has 0 fully saturated rings. The van der Waals surface area contributed by atoms with Gasteiger partial charge in [0.25, 0.3) is 0 Å². The lowest BCUT2D eigenvalue weighted by Gasteiger charge is -2.05. The second-order valence-corrected chi connectivity index (χ2v) is 3.59. The van der Waals surface area contributed by atoms with E-state index in [1.807, 2.05) is 36.4 Å². The van der Waals surface area contributed by atoms with Crippen LogP contribution < -0.4 is 5.32 Å². The molecule has 0 aliphatic rings. The Morgan fingerprint density at radius 3 is 2.68 bits per heavy atom. The van der Waals surface area contributed by atoms with Crippen molar-refractivity contribution in [3.05, 3.63) is 54.0 Å². The number of rotatable bonds is 3. The van der Waals surface area contributed by atoms with Gasteiger partial charge < -0.3 is 4.74 Å². The van der Waals surface area contributed by atoms with Crippen LogP contribution in [0.3, 0.4) is 0 Å². The highest BCUT2D eigenvalue weighted by Gasteiger charge is 2.05. The van der Waals surface area contributed by atoms with E-state index in [-0.39, 0.29) is 18.1 Å². The molecule has 0 aliphatic heterocycles. The quantitative estimate of drug-likeness (QED) is 0.906. The Kier molecular flexibility index (Phi) is 4.03. The van der Waals surface area contributed by atoms with Crippen molar-refractivity contribution in [3.8, 4) is 6.07 Å². The van der Waals surface area contributed by atoms with Gasteiger partial charge in [0.05, 0.1) is 12.4 Å². The van der Waals surface area contributed by atoms with Crippen LogP contribution in [0.4, 0.5) is 10.6 Å². The van der Waals surface area contributed by atoms with E-state index in [1.54, 1.807) is 0 Å². The van der Waals surface area contributed by atoms with Crippen LogP contribution in [-0.4, -0.2) is 16.1 Å². The molecular formula is C13H10N4O2. The Morgan fingerprint density at radius 2 is 2.05 bits per heavy atom. The van der Waals surface area contributed by atoms with Crippen LogP contribution in [0.5, 0.6) is 0 Å². The molecule has 19 heavy (non-hydrogen) atoms. The molecule has 1 aromatic heterocycles. The summed E-state index contributed by atoms with van der Waals surface area (Å²) in [5.74, 6) is 0.233. The molecular weight excluding hydrogens is 244 g/mol. The molecule has 0 radical (unpaired) electrons. The summed E-state index contributed by atoms with van der Waals surface area (Å²) in [5.41, 5.74) is 1.08. The van der Waals surface area contributed by atoms with Crippen LogP contribution in [0.15, 0.2) is 42.7 Å². The summed E-state index contributed by atoms with van der Waals surface area (Å²) in [5, 5.41) is 11.0. The molecule has 6 heteroatoms. The first-order valence-electron chi connectivity index (χ1n) is 5.48. The van der Waals surface area contributed by atoms with E-state index >= 15 is 0 Å². The number of nitrogens with one attached hydrogen (secondary N) is 1. The van der Waals surface area contributed by atoms with Gasteiger partial charge in [-0.05, 0) is 5.56 Å². The zero-order valence-electron chi connectivity index (χ0n) is 9.91. The largest absolute Gasteiger partial charge is 0.444 e. The van der Waals surface area contributed by atoms with Crippen molar-refractivity contribution in [2.45, 2.75) is 6.61 Å². The smallest absolute Gasteiger partial charge is 0.413 e. The van der Waals surface area contributed by atoms with Crippen LogP contribution in [0.25, 0.3) is 0 Å². The van der Waals surface area contributed by atoms with Gasteiger partial charge in [0.1, 0.15) is 12.7 Å². The van der Waals surface area contributed by atoms with Crippen molar-refractivity contribution in [2.24, 2.45) is 0 Å². The van der Waals surface area contributed by atoms with Gasteiger partial charge in [-0.15, -0.1) is 0 Å². The normalized spacial score (nSPS) is 9.42. The minimum Gasteiger partial charge on any atom is -0.444 e. The monoisotopic (exact) mass is 254 g/mol. The zero-order valence-corrected chi connectivity index (χ0v) is 9.91. The lowest BCUT2D eigenvalue weighted by atomic mass is 10.2. The highest BCUT2D eigenvalue weighted by Crippen LogP contribution is 2.04. The summed E-state index contributed by atoms with van der Waals surface area (Å²) in [7, 11) is 0. The number of carbonyl (C=O) groups excluding carboxylic acids is 1. The van der Waals surface area contributed by atoms with E-state index in [0.717, 1.165) is 5.56 Å². The molecule has 0 saturated carbocycles. The Balaban J connectivity index is 1.86. The average Bonchev–Trinajstić information content (AvgIpc) is 2.47. The average molecular weight is 254 g/mol. The summed E-state index contributed by atoms with van der Waals surface area (Å²) < 4.78 is 5.01. The summed E-state index contributed by atoms with van der Waals surface area (Å²) in [6, 6.07) is 11.2. The van der Waals surface area contributed by atoms with Gasteiger partial charge in [0.15, 0.2) is 11.5 Å². The third kappa shape index (κ3) is 3.78. The zero-order chi connectivity index (χ0) is 13.5. The van der Waals surface area contributed by atoms with Crippen LogP contribution in [0.2, 0.25) is 0 Å². The number of hydrogen-bond acceptors (Lipinski definition) is 5. The minimum atomic E-state index is -0.622. The maximum atomic E-state index is 11.5. The fourth-order valence-electron chi connectivity index (χ4n) is 1.31. The maximum Gasteiger partial charge on any atom is 0.413 e. The van der Waals surface area contributed by atoms with Crippen LogP contribution in [0.1, 0.15) is 11.3 Å².